The van der Waals surface area contributed by atoms with Crippen molar-refractivity contribution in [1.29, 1.82) is 0 Å². The van der Waals surface area contributed by atoms with E-state index in [2.05, 4.69) is 27.1 Å². The van der Waals surface area contributed by atoms with Crippen LogP contribution >= 0.6 is 0 Å². The molecule has 0 saturated carbocycles. The maximum Gasteiger partial charge on any atom is 0.0784 e. The summed E-state index contributed by atoms with van der Waals surface area (Å²) in [6.45, 7) is 6.50. The molecule has 1 N–H and O–H groups in total. The molecular formula is C12H20N4. The van der Waals surface area contributed by atoms with Crippen molar-refractivity contribution in [2.24, 2.45) is 0 Å². The maximum absolute atomic E-state index is 4.45. The molecule has 4 heteroatoms. The lowest BCUT2D eigenvalue weighted by Crippen LogP contribution is -2.31. The molecule has 2 heterocycles. The molecule has 1 aromatic heterocycles. The number of aryl methyl sites for hydroxylation is 1. The highest BCUT2D eigenvalue weighted by molar-refractivity contribution is 5.13. The van der Waals surface area contributed by atoms with Gasteiger partial charge in [-0.3, -0.25) is 14.9 Å². The molecule has 2 unspecified atom stereocenters. The smallest absolute Gasteiger partial charge is 0.0784 e. The number of likely N-dealkylation sites (N-methyl/N-ethyl adjacent to an activating group) is 1. The van der Waals surface area contributed by atoms with Crippen molar-refractivity contribution >= 4 is 0 Å². The van der Waals surface area contributed by atoms with Gasteiger partial charge in [-0.25, -0.2) is 0 Å². The normalized spacial score (nSPS) is 23.6. The highest BCUT2D eigenvalue weighted by Crippen LogP contribution is 2.24. The van der Waals surface area contributed by atoms with Gasteiger partial charge in [0.05, 0.1) is 17.4 Å². The van der Waals surface area contributed by atoms with Gasteiger partial charge in [0.2, 0.25) is 0 Å². The van der Waals surface area contributed by atoms with E-state index in [1.165, 1.54) is 6.42 Å². The van der Waals surface area contributed by atoms with Crippen LogP contribution in [0.1, 0.15) is 30.8 Å². The second-order valence-corrected chi connectivity index (χ2v) is 4.47. The monoisotopic (exact) mass is 220 g/mol. The largest absolute Gasteiger partial charge is 0.316 e. The molecule has 0 aliphatic carbocycles. The van der Waals surface area contributed by atoms with Crippen LogP contribution in [-0.4, -0.2) is 41.0 Å². The number of rotatable bonds is 3. The van der Waals surface area contributed by atoms with Gasteiger partial charge in [0.15, 0.2) is 0 Å². The molecule has 4 nitrogen and oxygen atoms in total. The summed E-state index contributed by atoms with van der Waals surface area (Å²) in [7, 11) is 2.03. The molecule has 0 spiro atoms. The summed E-state index contributed by atoms with van der Waals surface area (Å²) in [6.07, 6.45) is 4.76. The summed E-state index contributed by atoms with van der Waals surface area (Å²) >= 11 is 0. The van der Waals surface area contributed by atoms with E-state index in [1.807, 2.05) is 14.0 Å². The number of likely N-dealkylation sites (tertiary alicyclic amines) is 1. The second kappa shape index (κ2) is 4.89. The van der Waals surface area contributed by atoms with Crippen molar-refractivity contribution < 1.29 is 0 Å². The minimum Gasteiger partial charge on any atom is -0.316 e. The van der Waals surface area contributed by atoms with Gasteiger partial charge in [0, 0.05) is 31.5 Å². The zero-order valence-electron chi connectivity index (χ0n) is 10.3. The number of nitrogens with zero attached hydrogens (tertiary/aromatic N) is 3. The molecule has 2 atom stereocenters. The zero-order chi connectivity index (χ0) is 11.5. The van der Waals surface area contributed by atoms with Crippen LogP contribution < -0.4 is 5.32 Å². The fourth-order valence-electron chi connectivity index (χ4n) is 2.38. The van der Waals surface area contributed by atoms with Gasteiger partial charge in [-0.2, -0.15) is 0 Å². The van der Waals surface area contributed by atoms with Crippen molar-refractivity contribution in [3.63, 3.8) is 0 Å². The van der Waals surface area contributed by atoms with Gasteiger partial charge in [-0.15, -0.1) is 0 Å². The lowest BCUT2D eigenvalue weighted by Gasteiger charge is -2.24. The molecule has 16 heavy (non-hydrogen) atoms. The average Bonchev–Trinajstić information content (AvgIpc) is 2.77. The Labute approximate surface area is 97.1 Å². The summed E-state index contributed by atoms with van der Waals surface area (Å²) < 4.78 is 0. The molecule has 1 aromatic rings. The fraction of sp³-hybridized carbons (Fsp3) is 0.667. The summed E-state index contributed by atoms with van der Waals surface area (Å²) in [5, 5.41) is 3.34. The third-order valence-electron chi connectivity index (χ3n) is 3.49. The van der Waals surface area contributed by atoms with Gasteiger partial charge < -0.3 is 5.32 Å². The first kappa shape index (κ1) is 11.5. The van der Waals surface area contributed by atoms with Crippen molar-refractivity contribution in [2.45, 2.75) is 32.4 Å². The van der Waals surface area contributed by atoms with E-state index in [9.17, 15) is 0 Å². The van der Waals surface area contributed by atoms with E-state index in [0.29, 0.717) is 12.1 Å². The van der Waals surface area contributed by atoms with Crippen molar-refractivity contribution in [2.75, 3.05) is 20.1 Å². The molecule has 1 saturated heterocycles. The Bertz CT molecular complexity index is 353. The van der Waals surface area contributed by atoms with Crippen molar-refractivity contribution in [3.05, 3.63) is 23.8 Å². The first-order valence-corrected chi connectivity index (χ1v) is 5.91. The van der Waals surface area contributed by atoms with Crippen LogP contribution in [0.3, 0.4) is 0 Å². The van der Waals surface area contributed by atoms with E-state index in [4.69, 9.17) is 0 Å². The molecule has 1 aliphatic rings. The van der Waals surface area contributed by atoms with Gasteiger partial charge in [0.1, 0.15) is 0 Å². The Morgan fingerprint density at radius 3 is 2.81 bits per heavy atom. The Kier molecular flexibility index (Phi) is 3.51. The van der Waals surface area contributed by atoms with Crippen molar-refractivity contribution in [3.8, 4) is 0 Å². The molecule has 2 rings (SSSR count). The highest BCUT2D eigenvalue weighted by Gasteiger charge is 2.27. The standard InChI is InChI=1S/C12H20N4/c1-9-12(15-6-5-14-9)10(2)16-7-4-11(8-16)13-3/h5-6,10-11,13H,4,7-8H2,1-3H3. The summed E-state index contributed by atoms with van der Waals surface area (Å²) in [5.74, 6) is 0. The third kappa shape index (κ3) is 2.23. The molecule has 1 aliphatic heterocycles. The average molecular weight is 220 g/mol. The van der Waals surface area contributed by atoms with Gasteiger partial charge in [-0.1, -0.05) is 0 Å². The molecule has 88 valence electrons. The van der Waals surface area contributed by atoms with E-state index in [-0.39, 0.29) is 0 Å². The number of aromatic nitrogens is 2. The van der Waals surface area contributed by atoms with Crippen molar-refractivity contribution in [1.82, 2.24) is 20.2 Å². The van der Waals surface area contributed by atoms with Gasteiger partial charge in [0.25, 0.3) is 0 Å². The molecule has 0 aromatic carbocycles. The first-order valence-electron chi connectivity index (χ1n) is 5.91. The fourth-order valence-corrected chi connectivity index (χ4v) is 2.38. The van der Waals surface area contributed by atoms with Crippen LogP contribution in [0.4, 0.5) is 0 Å². The first-order chi connectivity index (χ1) is 7.72. The van der Waals surface area contributed by atoms with Crippen LogP contribution in [0.2, 0.25) is 0 Å². The van der Waals surface area contributed by atoms with Crippen LogP contribution in [0, 0.1) is 6.92 Å². The van der Waals surface area contributed by atoms with Crippen LogP contribution in [0.15, 0.2) is 12.4 Å². The third-order valence-corrected chi connectivity index (χ3v) is 3.49. The zero-order valence-corrected chi connectivity index (χ0v) is 10.3. The predicted molar refractivity (Wildman–Crippen MR) is 64.2 cm³/mol. The van der Waals surface area contributed by atoms with E-state index < -0.39 is 0 Å². The Hall–Kier alpha value is -1.00. The maximum atomic E-state index is 4.45. The van der Waals surface area contributed by atoms with Crippen LogP contribution in [0.5, 0.6) is 0 Å². The number of nitrogens with one attached hydrogen (secondary N) is 1. The quantitative estimate of drug-likeness (QED) is 0.829. The molecule has 0 radical (unpaired) electrons. The molecule has 1 fully saturated rings. The minimum absolute atomic E-state index is 0.368. The van der Waals surface area contributed by atoms with Crippen LogP contribution in [0.25, 0.3) is 0 Å². The van der Waals surface area contributed by atoms with E-state index >= 15 is 0 Å². The molecule has 0 amide bonds. The molecular weight excluding hydrogens is 200 g/mol. The van der Waals surface area contributed by atoms with E-state index in [1.54, 1.807) is 12.4 Å². The Morgan fingerprint density at radius 2 is 2.19 bits per heavy atom. The van der Waals surface area contributed by atoms with E-state index in [0.717, 1.165) is 24.5 Å². The summed E-state index contributed by atoms with van der Waals surface area (Å²) in [5.41, 5.74) is 2.15. The van der Waals surface area contributed by atoms with Crippen LogP contribution in [-0.2, 0) is 0 Å². The number of hydrogen-bond acceptors (Lipinski definition) is 4. The SMILES string of the molecule is CNC1CCN(C(C)c2nccnc2C)C1. The predicted octanol–water partition coefficient (Wildman–Crippen LogP) is 1.14. The lowest BCUT2D eigenvalue weighted by molar-refractivity contribution is 0.251. The second-order valence-electron chi connectivity index (χ2n) is 4.47. The Balaban J connectivity index is 2.08. The highest BCUT2D eigenvalue weighted by atomic mass is 15.2. The molecule has 0 bridgehead atoms. The van der Waals surface area contributed by atoms with Gasteiger partial charge >= 0.3 is 0 Å². The van der Waals surface area contributed by atoms with Gasteiger partial charge in [-0.05, 0) is 27.3 Å². The summed E-state index contributed by atoms with van der Waals surface area (Å²) in [4.78, 5) is 11.2. The number of hydrogen-bond donors (Lipinski definition) is 1. The summed E-state index contributed by atoms with van der Waals surface area (Å²) in [6, 6.07) is 0.992. The topological polar surface area (TPSA) is 41.0 Å². The Morgan fingerprint density at radius 1 is 1.44 bits per heavy atom. The minimum atomic E-state index is 0.368. The lowest BCUT2D eigenvalue weighted by atomic mass is 10.1.